The quantitative estimate of drug-likeness (QED) is 0.432. The number of rotatable bonds is 4. The van der Waals surface area contributed by atoms with Crippen molar-refractivity contribution in [1.29, 1.82) is 0 Å². The van der Waals surface area contributed by atoms with Crippen LogP contribution in [0, 0.1) is 6.92 Å². The summed E-state index contributed by atoms with van der Waals surface area (Å²) in [6.07, 6.45) is -2.66. The molecule has 0 atom stereocenters. The van der Waals surface area contributed by atoms with Gasteiger partial charge in [-0.15, -0.1) is 5.10 Å². The number of hydrogen-bond acceptors (Lipinski definition) is 5. The Morgan fingerprint density at radius 2 is 1.80 bits per heavy atom. The fraction of sp³-hybridized carbons (Fsp3) is 0.227. The average Bonchev–Trinajstić information content (AvgIpc) is 3.46. The molecule has 30 heavy (non-hydrogen) atoms. The lowest BCUT2D eigenvalue weighted by molar-refractivity contribution is -0.136. The zero-order chi connectivity index (χ0) is 20.9. The maximum Gasteiger partial charge on any atom is 0.418 e. The van der Waals surface area contributed by atoms with E-state index in [0.717, 1.165) is 24.1 Å². The number of aryl methyl sites for hydroxylation is 1. The van der Waals surface area contributed by atoms with E-state index in [1.165, 1.54) is 6.07 Å². The summed E-state index contributed by atoms with van der Waals surface area (Å²) >= 11 is 0. The minimum atomic E-state index is -4.50. The largest absolute Gasteiger partial charge is 0.418 e. The summed E-state index contributed by atoms with van der Waals surface area (Å²) < 4.78 is 47.0. The molecule has 0 bridgehead atoms. The molecular formula is C22H17F3N4O. The van der Waals surface area contributed by atoms with Crippen molar-refractivity contribution >= 4 is 22.6 Å². The predicted octanol–water partition coefficient (Wildman–Crippen LogP) is 6.23. The Hall–Kier alpha value is -3.42. The van der Waals surface area contributed by atoms with E-state index in [4.69, 9.17) is 4.42 Å². The normalized spacial score (nSPS) is 14.3. The Kier molecular flexibility index (Phi) is 4.23. The maximum absolute atomic E-state index is 13.8. The van der Waals surface area contributed by atoms with Gasteiger partial charge in [0.25, 0.3) is 5.89 Å². The van der Waals surface area contributed by atoms with Crippen LogP contribution in [0.1, 0.15) is 35.4 Å². The van der Waals surface area contributed by atoms with Crippen molar-refractivity contribution in [2.75, 3.05) is 5.32 Å². The standard InChI is InChI=1S/C22H17F3N4O/c1-12-9-18(20-28-29-21(30-20)26-15-5-3-2-4-6-15)27-19-16(12)10-14(13-7-8-13)11-17(19)22(23,24)25/h2-6,9-11,13H,7-8H2,1H3,(H,26,29). The number of aromatic nitrogens is 3. The van der Waals surface area contributed by atoms with Gasteiger partial charge >= 0.3 is 12.2 Å². The molecule has 1 saturated carbocycles. The number of hydrogen-bond donors (Lipinski definition) is 1. The molecule has 1 aliphatic carbocycles. The molecule has 152 valence electrons. The molecule has 5 rings (SSSR count). The van der Waals surface area contributed by atoms with Crippen LogP contribution >= 0.6 is 0 Å². The lowest BCUT2D eigenvalue weighted by Gasteiger charge is -2.14. The van der Waals surface area contributed by atoms with Gasteiger partial charge in [-0.2, -0.15) is 13.2 Å². The Labute approximate surface area is 170 Å². The van der Waals surface area contributed by atoms with Crippen LogP contribution in [-0.2, 0) is 6.18 Å². The molecule has 0 radical (unpaired) electrons. The van der Waals surface area contributed by atoms with E-state index in [-0.39, 0.29) is 29.0 Å². The Morgan fingerprint density at radius 1 is 1.03 bits per heavy atom. The number of para-hydroxylation sites is 1. The van der Waals surface area contributed by atoms with E-state index in [1.807, 2.05) is 36.4 Å². The van der Waals surface area contributed by atoms with Crippen molar-refractivity contribution in [1.82, 2.24) is 15.2 Å². The van der Waals surface area contributed by atoms with Crippen molar-refractivity contribution in [2.45, 2.75) is 31.9 Å². The Balaban J connectivity index is 1.58. The molecule has 0 amide bonds. The SMILES string of the molecule is Cc1cc(-c2nnc(Nc3ccccc3)o2)nc2c(C(F)(F)F)cc(C3CC3)cc12. The summed E-state index contributed by atoms with van der Waals surface area (Å²) in [4.78, 5) is 4.27. The van der Waals surface area contributed by atoms with Crippen LogP contribution < -0.4 is 5.32 Å². The molecule has 1 fully saturated rings. The first kappa shape index (κ1) is 18.6. The summed E-state index contributed by atoms with van der Waals surface area (Å²) in [6, 6.07) is 14.1. The minimum absolute atomic E-state index is 0.0535. The third-order valence-corrected chi connectivity index (χ3v) is 5.17. The predicted molar refractivity (Wildman–Crippen MR) is 106 cm³/mol. The summed E-state index contributed by atoms with van der Waals surface area (Å²) in [5.74, 6) is 0.259. The first-order valence-corrected chi connectivity index (χ1v) is 9.57. The molecule has 0 saturated heterocycles. The number of anilines is 2. The van der Waals surface area contributed by atoms with Gasteiger partial charge in [0.05, 0.1) is 11.1 Å². The summed E-state index contributed by atoms with van der Waals surface area (Å²) in [5, 5.41) is 11.3. The summed E-state index contributed by atoms with van der Waals surface area (Å²) in [7, 11) is 0. The zero-order valence-electron chi connectivity index (χ0n) is 16.0. The smallest absolute Gasteiger partial charge is 0.401 e. The summed E-state index contributed by atoms with van der Waals surface area (Å²) in [5.41, 5.74) is 1.53. The van der Waals surface area contributed by atoms with Crippen molar-refractivity contribution in [3.8, 4) is 11.6 Å². The highest BCUT2D eigenvalue weighted by atomic mass is 19.4. The number of nitrogens with zero attached hydrogens (tertiary/aromatic N) is 3. The minimum Gasteiger partial charge on any atom is -0.401 e. The van der Waals surface area contributed by atoms with Gasteiger partial charge in [-0.1, -0.05) is 23.3 Å². The third-order valence-electron chi connectivity index (χ3n) is 5.17. The summed E-state index contributed by atoms with van der Waals surface area (Å²) in [6.45, 7) is 1.77. The lowest BCUT2D eigenvalue weighted by atomic mass is 9.98. The number of pyridine rings is 1. The van der Waals surface area contributed by atoms with E-state index in [1.54, 1.807) is 13.0 Å². The van der Waals surface area contributed by atoms with Gasteiger partial charge in [-0.3, -0.25) is 0 Å². The maximum atomic E-state index is 13.8. The van der Waals surface area contributed by atoms with Crippen LogP contribution in [0.2, 0.25) is 0 Å². The molecule has 8 heteroatoms. The fourth-order valence-corrected chi connectivity index (χ4v) is 3.51. The number of benzene rings is 2. The van der Waals surface area contributed by atoms with Crippen molar-refractivity contribution in [3.63, 3.8) is 0 Å². The monoisotopic (exact) mass is 410 g/mol. The molecule has 2 aromatic carbocycles. The van der Waals surface area contributed by atoms with Crippen LogP contribution in [0.3, 0.4) is 0 Å². The van der Waals surface area contributed by atoms with E-state index in [0.29, 0.717) is 10.9 Å². The first-order valence-electron chi connectivity index (χ1n) is 9.57. The Morgan fingerprint density at radius 3 is 2.50 bits per heavy atom. The van der Waals surface area contributed by atoms with E-state index >= 15 is 0 Å². The van der Waals surface area contributed by atoms with Crippen LogP contribution in [-0.4, -0.2) is 15.2 Å². The van der Waals surface area contributed by atoms with E-state index in [9.17, 15) is 13.2 Å². The molecule has 1 aliphatic rings. The van der Waals surface area contributed by atoms with Gasteiger partial charge in [-0.25, -0.2) is 4.98 Å². The number of nitrogens with one attached hydrogen (secondary N) is 1. The fourth-order valence-electron chi connectivity index (χ4n) is 3.51. The van der Waals surface area contributed by atoms with E-state index < -0.39 is 11.7 Å². The highest BCUT2D eigenvalue weighted by molar-refractivity contribution is 5.88. The lowest BCUT2D eigenvalue weighted by Crippen LogP contribution is -2.08. The van der Waals surface area contributed by atoms with Gasteiger partial charge in [0.2, 0.25) is 0 Å². The average molecular weight is 410 g/mol. The van der Waals surface area contributed by atoms with Crippen LogP contribution in [0.5, 0.6) is 0 Å². The number of alkyl halides is 3. The molecule has 4 aromatic rings. The molecule has 2 aromatic heterocycles. The second kappa shape index (κ2) is 6.83. The van der Waals surface area contributed by atoms with Gasteiger partial charge in [0, 0.05) is 11.1 Å². The van der Waals surface area contributed by atoms with Crippen molar-refractivity contribution in [2.24, 2.45) is 0 Å². The second-order valence-corrected chi connectivity index (χ2v) is 7.46. The highest BCUT2D eigenvalue weighted by Gasteiger charge is 2.36. The molecule has 2 heterocycles. The molecule has 5 nitrogen and oxygen atoms in total. The molecule has 1 N–H and O–H groups in total. The molecule has 0 unspecified atom stereocenters. The van der Waals surface area contributed by atoms with Gasteiger partial charge in [0.15, 0.2) is 0 Å². The van der Waals surface area contributed by atoms with Gasteiger partial charge in [-0.05, 0) is 67.1 Å². The molecule has 0 spiro atoms. The highest BCUT2D eigenvalue weighted by Crippen LogP contribution is 2.45. The topological polar surface area (TPSA) is 63.8 Å². The van der Waals surface area contributed by atoms with Crippen LogP contribution in [0.15, 0.2) is 52.9 Å². The zero-order valence-corrected chi connectivity index (χ0v) is 16.0. The number of halogens is 3. The van der Waals surface area contributed by atoms with Crippen molar-refractivity contribution < 1.29 is 17.6 Å². The molecule has 0 aliphatic heterocycles. The third kappa shape index (κ3) is 3.49. The van der Waals surface area contributed by atoms with Crippen LogP contribution in [0.4, 0.5) is 24.9 Å². The molecular weight excluding hydrogens is 393 g/mol. The second-order valence-electron chi connectivity index (χ2n) is 7.46. The number of fused-ring (bicyclic) bond motifs is 1. The van der Waals surface area contributed by atoms with Crippen LogP contribution in [0.25, 0.3) is 22.5 Å². The Bertz CT molecular complexity index is 1230. The first-order chi connectivity index (χ1) is 14.4. The van der Waals surface area contributed by atoms with Crippen molar-refractivity contribution in [3.05, 3.63) is 65.2 Å². The van der Waals surface area contributed by atoms with Gasteiger partial charge in [0.1, 0.15) is 5.69 Å². The van der Waals surface area contributed by atoms with E-state index in [2.05, 4.69) is 20.5 Å². The van der Waals surface area contributed by atoms with Gasteiger partial charge < -0.3 is 9.73 Å².